The molecule has 0 atom stereocenters. The van der Waals surface area contributed by atoms with Crippen LogP contribution >= 0.6 is 23.2 Å². The summed E-state index contributed by atoms with van der Waals surface area (Å²) in [4.78, 5) is 20.0. The Kier molecular flexibility index (Phi) is 5.23. The number of nitrogens with zero attached hydrogens (tertiary/aromatic N) is 3. The van der Waals surface area contributed by atoms with E-state index in [1.54, 1.807) is 12.1 Å². The fourth-order valence-corrected chi connectivity index (χ4v) is 4.08. The standard InChI is InChI=1S/C17H13Cl2N3O4S/c1-10-3-5-12(6-4-10)27(24,25)22-9-11(7-14(22)16(23)26-2)15-13(18)8-20-17(19)21-15/h3-9H,1-2H3. The van der Waals surface area contributed by atoms with E-state index in [1.807, 2.05) is 6.92 Å². The van der Waals surface area contributed by atoms with E-state index >= 15 is 0 Å². The van der Waals surface area contributed by atoms with Crippen molar-refractivity contribution in [2.75, 3.05) is 7.11 Å². The molecule has 140 valence electrons. The maximum Gasteiger partial charge on any atom is 0.355 e. The number of benzene rings is 1. The van der Waals surface area contributed by atoms with Crippen molar-refractivity contribution in [1.29, 1.82) is 0 Å². The van der Waals surface area contributed by atoms with Gasteiger partial charge in [0, 0.05) is 11.8 Å². The average Bonchev–Trinajstić information content (AvgIpc) is 3.09. The average molecular weight is 426 g/mol. The van der Waals surface area contributed by atoms with Gasteiger partial charge in [0.1, 0.15) is 5.69 Å². The molecule has 7 nitrogen and oxygen atoms in total. The van der Waals surface area contributed by atoms with Crippen LogP contribution < -0.4 is 0 Å². The van der Waals surface area contributed by atoms with Gasteiger partial charge >= 0.3 is 5.97 Å². The molecule has 0 bridgehead atoms. The molecule has 0 aliphatic carbocycles. The van der Waals surface area contributed by atoms with Crippen LogP contribution in [0.3, 0.4) is 0 Å². The summed E-state index contributed by atoms with van der Waals surface area (Å²) in [6.45, 7) is 1.84. The molecule has 0 fully saturated rings. The molecule has 0 amide bonds. The van der Waals surface area contributed by atoms with Gasteiger partial charge in [-0.05, 0) is 36.7 Å². The fourth-order valence-electron chi connectivity index (χ4n) is 2.40. The Balaban J connectivity index is 2.23. The smallest absolute Gasteiger partial charge is 0.355 e. The Bertz CT molecular complexity index is 1130. The quantitative estimate of drug-likeness (QED) is 0.468. The third kappa shape index (κ3) is 3.69. The molecule has 27 heavy (non-hydrogen) atoms. The lowest BCUT2D eigenvalue weighted by atomic mass is 10.2. The number of aryl methyl sites for hydroxylation is 1. The number of carbonyl (C=O) groups excluding carboxylic acids is 1. The zero-order chi connectivity index (χ0) is 19.8. The van der Waals surface area contributed by atoms with Crippen molar-refractivity contribution in [2.45, 2.75) is 11.8 Å². The highest BCUT2D eigenvalue weighted by Crippen LogP contribution is 2.30. The van der Waals surface area contributed by atoms with E-state index in [0.29, 0.717) is 0 Å². The SMILES string of the molecule is COC(=O)c1cc(-c2nc(Cl)ncc2Cl)cn1S(=O)(=O)c1ccc(C)cc1. The lowest BCUT2D eigenvalue weighted by Gasteiger charge is -2.09. The maximum absolute atomic E-state index is 13.0. The number of carbonyl (C=O) groups is 1. The summed E-state index contributed by atoms with van der Waals surface area (Å²) in [6.07, 6.45) is 2.53. The highest BCUT2D eigenvalue weighted by molar-refractivity contribution is 7.90. The molecule has 0 aliphatic rings. The number of halogens is 2. The van der Waals surface area contributed by atoms with Crippen LogP contribution in [0, 0.1) is 6.92 Å². The van der Waals surface area contributed by atoms with E-state index in [2.05, 4.69) is 9.97 Å². The molecule has 0 unspecified atom stereocenters. The summed E-state index contributed by atoms with van der Waals surface area (Å²) in [5, 5.41) is 0.0869. The van der Waals surface area contributed by atoms with Crippen molar-refractivity contribution in [3.8, 4) is 11.3 Å². The number of rotatable bonds is 4. The summed E-state index contributed by atoms with van der Waals surface area (Å²) < 4.78 is 31.6. The molecule has 2 heterocycles. The third-order valence-electron chi connectivity index (χ3n) is 3.75. The van der Waals surface area contributed by atoms with Crippen molar-refractivity contribution in [2.24, 2.45) is 0 Å². The molecule has 0 saturated heterocycles. The van der Waals surface area contributed by atoms with Crippen LogP contribution in [0.15, 0.2) is 47.6 Å². The molecule has 0 N–H and O–H groups in total. The Labute approximate surface area is 165 Å². The van der Waals surface area contributed by atoms with Gasteiger partial charge in [0.2, 0.25) is 5.28 Å². The fraction of sp³-hybridized carbons (Fsp3) is 0.118. The number of hydrogen-bond acceptors (Lipinski definition) is 6. The predicted molar refractivity (Wildman–Crippen MR) is 101 cm³/mol. The Morgan fingerprint density at radius 2 is 1.85 bits per heavy atom. The Hall–Kier alpha value is -2.42. The lowest BCUT2D eigenvalue weighted by molar-refractivity contribution is 0.0593. The Morgan fingerprint density at radius 1 is 1.19 bits per heavy atom. The van der Waals surface area contributed by atoms with Crippen molar-refractivity contribution >= 4 is 39.2 Å². The molecule has 0 radical (unpaired) electrons. The first-order valence-electron chi connectivity index (χ1n) is 7.55. The molecule has 10 heteroatoms. The normalized spacial score (nSPS) is 11.4. The topological polar surface area (TPSA) is 91.2 Å². The number of ether oxygens (including phenoxy) is 1. The van der Waals surface area contributed by atoms with Crippen molar-refractivity contribution in [3.63, 3.8) is 0 Å². The number of methoxy groups -OCH3 is 1. The first-order valence-corrected chi connectivity index (χ1v) is 9.75. The molecule has 3 aromatic rings. The highest BCUT2D eigenvalue weighted by atomic mass is 35.5. The second-order valence-electron chi connectivity index (χ2n) is 5.56. The largest absolute Gasteiger partial charge is 0.464 e. The Morgan fingerprint density at radius 3 is 2.48 bits per heavy atom. The van der Waals surface area contributed by atoms with E-state index in [4.69, 9.17) is 27.9 Å². The molecule has 0 aliphatic heterocycles. The minimum absolute atomic E-state index is 0.0206. The van der Waals surface area contributed by atoms with Crippen LogP contribution in [-0.4, -0.2) is 35.4 Å². The highest BCUT2D eigenvalue weighted by Gasteiger charge is 2.26. The van der Waals surface area contributed by atoms with E-state index in [-0.39, 0.29) is 32.2 Å². The lowest BCUT2D eigenvalue weighted by Crippen LogP contribution is -2.18. The summed E-state index contributed by atoms with van der Waals surface area (Å²) in [6, 6.07) is 7.56. The molecule has 0 spiro atoms. The van der Waals surface area contributed by atoms with Crippen molar-refractivity contribution in [3.05, 3.63) is 64.3 Å². The van der Waals surface area contributed by atoms with Gasteiger partial charge in [0.05, 0.1) is 28.9 Å². The second-order valence-corrected chi connectivity index (χ2v) is 8.12. The van der Waals surface area contributed by atoms with Crippen LogP contribution in [0.2, 0.25) is 10.3 Å². The molecule has 1 aromatic carbocycles. The zero-order valence-electron chi connectivity index (χ0n) is 14.2. The van der Waals surface area contributed by atoms with Crippen molar-refractivity contribution < 1.29 is 17.9 Å². The maximum atomic E-state index is 13.0. The number of hydrogen-bond donors (Lipinski definition) is 0. The molecule has 3 rings (SSSR count). The second kappa shape index (κ2) is 7.30. The molecular formula is C17H13Cl2N3O4S. The van der Waals surface area contributed by atoms with Gasteiger partial charge in [0.25, 0.3) is 10.0 Å². The zero-order valence-corrected chi connectivity index (χ0v) is 16.5. The van der Waals surface area contributed by atoms with Crippen LogP contribution in [0.4, 0.5) is 0 Å². The molecular weight excluding hydrogens is 413 g/mol. The van der Waals surface area contributed by atoms with Crippen LogP contribution in [0.5, 0.6) is 0 Å². The number of aromatic nitrogens is 3. The third-order valence-corrected chi connectivity index (χ3v) is 5.89. The molecule has 2 aromatic heterocycles. The van der Waals surface area contributed by atoms with E-state index in [1.165, 1.54) is 30.6 Å². The van der Waals surface area contributed by atoms with Crippen molar-refractivity contribution in [1.82, 2.24) is 13.9 Å². The molecule has 0 saturated carbocycles. The van der Waals surface area contributed by atoms with Gasteiger partial charge in [0.15, 0.2) is 0 Å². The first kappa shape index (κ1) is 19.3. The number of esters is 1. The van der Waals surface area contributed by atoms with Gasteiger partial charge in [-0.15, -0.1) is 0 Å². The van der Waals surface area contributed by atoms with Crippen LogP contribution in [0.25, 0.3) is 11.3 Å². The van der Waals surface area contributed by atoms with Crippen LogP contribution in [0.1, 0.15) is 16.1 Å². The van der Waals surface area contributed by atoms with Gasteiger partial charge in [-0.2, -0.15) is 0 Å². The summed E-state index contributed by atoms with van der Waals surface area (Å²) in [5.41, 5.74) is 1.18. The summed E-state index contributed by atoms with van der Waals surface area (Å²) in [7, 11) is -2.90. The van der Waals surface area contributed by atoms with E-state index < -0.39 is 16.0 Å². The summed E-state index contributed by atoms with van der Waals surface area (Å²) >= 11 is 11.9. The minimum atomic E-state index is -4.06. The van der Waals surface area contributed by atoms with Gasteiger partial charge < -0.3 is 4.74 Å². The van der Waals surface area contributed by atoms with E-state index in [9.17, 15) is 13.2 Å². The summed E-state index contributed by atoms with van der Waals surface area (Å²) in [5.74, 6) is -0.826. The van der Waals surface area contributed by atoms with E-state index in [0.717, 1.165) is 16.6 Å². The van der Waals surface area contributed by atoms with Gasteiger partial charge in [-0.25, -0.2) is 27.2 Å². The first-order chi connectivity index (χ1) is 12.7. The van der Waals surface area contributed by atoms with Crippen LogP contribution in [-0.2, 0) is 14.8 Å². The van der Waals surface area contributed by atoms with Gasteiger partial charge in [-0.3, -0.25) is 0 Å². The monoisotopic (exact) mass is 425 g/mol. The minimum Gasteiger partial charge on any atom is -0.464 e. The van der Waals surface area contributed by atoms with Gasteiger partial charge in [-0.1, -0.05) is 29.3 Å². The predicted octanol–water partition coefficient (Wildman–Crippen LogP) is 3.58.